The summed E-state index contributed by atoms with van der Waals surface area (Å²) in [5.41, 5.74) is 6.97. The average molecular weight is 299 g/mol. The monoisotopic (exact) mass is 299 g/mol. The number of sulfonamides is 1. The zero-order valence-corrected chi connectivity index (χ0v) is 13.4. The van der Waals surface area contributed by atoms with Crippen molar-refractivity contribution in [3.05, 3.63) is 24.3 Å². The van der Waals surface area contributed by atoms with Crippen molar-refractivity contribution in [3.63, 3.8) is 0 Å². The third kappa shape index (κ3) is 5.02. The van der Waals surface area contributed by atoms with Crippen molar-refractivity contribution >= 4 is 21.4 Å². The first-order valence-electron chi connectivity index (χ1n) is 6.87. The minimum atomic E-state index is -3.28. The Balaban J connectivity index is 2.98. The van der Waals surface area contributed by atoms with Gasteiger partial charge in [0.1, 0.15) is 0 Å². The lowest BCUT2D eigenvalue weighted by molar-refractivity contribution is 0.419. The minimum absolute atomic E-state index is 0.182. The average Bonchev–Trinajstić information content (AvgIpc) is 2.38. The van der Waals surface area contributed by atoms with Gasteiger partial charge in [0.15, 0.2) is 0 Å². The molecule has 2 N–H and O–H groups in total. The molecule has 6 heteroatoms. The van der Waals surface area contributed by atoms with E-state index in [1.54, 1.807) is 24.3 Å². The first kappa shape index (κ1) is 16.8. The maximum absolute atomic E-state index is 12.5. The van der Waals surface area contributed by atoms with Gasteiger partial charge in [-0.05, 0) is 44.8 Å². The van der Waals surface area contributed by atoms with Crippen LogP contribution in [0.3, 0.4) is 0 Å². The second-order valence-corrected chi connectivity index (χ2v) is 7.15. The Kier molecular flexibility index (Phi) is 6.29. The number of likely N-dealkylation sites (N-methyl/N-ethyl adjacent to an activating group) is 1. The van der Waals surface area contributed by atoms with Gasteiger partial charge < -0.3 is 10.6 Å². The third-order valence-electron chi connectivity index (χ3n) is 3.02. The molecule has 0 atom stereocenters. The molecule has 114 valence electrons. The molecule has 1 aromatic rings. The van der Waals surface area contributed by atoms with E-state index in [2.05, 4.69) is 0 Å². The first-order chi connectivity index (χ1) is 9.36. The van der Waals surface area contributed by atoms with Crippen molar-refractivity contribution in [3.8, 4) is 0 Å². The van der Waals surface area contributed by atoms with E-state index in [0.29, 0.717) is 30.9 Å². The summed E-state index contributed by atoms with van der Waals surface area (Å²) in [6.07, 6.45) is 1.54. The number of nitrogen functional groups attached to an aromatic ring is 1. The molecule has 0 bridgehead atoms. The number of hydrogen-bond acceptors (Lipinski definition) is 4. The van der Waals surface area contributed by atoms with Crippen molar-refractivity contribution in [1.82, 2.24) is 4.90 Å². The summed E-state index contributed by atoms with van der Waals surface area (Å²) in [6.45, 7) is 3.11. The quantitative estimate of drug-likeness (QED) is 0.743. The van der Waals surface area contributed by atoms with Gasteiger partial charge in [-0.25, -0.2) is 8.42 Å². The number of anilines is 2. The molecule has 5 nitrogen and oxygen atoms in total. The number of nitrogens with two attached hydrogens (primary N) is 1. The van der Waals surface area contributed by atoms with Gasteiger partial charge in [-0.1, -0.05) is 13.3 Å². The van der Waals surface area contributed by atoms with Gasteiger partial charge >= 0.3 is 0 Å². The van der Waals surface area contributed by atoms with Crippen LogP contribution in [0.1, 0.15) is 19.8 Å². The van der Waals surface area contributed by atoms with Crippen molar-refractivity contribution in [2.75, 3.05) is 43.0 Å². The number of rotatable bonds is 8. The molecule has 1 aromatic carbocycles. The van der Waals surface area contributed by atoms with Crippen LogP contribution in [0.25, 0.3) is 0 Å². The Bertz CT molecular complexity index is 498. The highest BCUT2D eigenvalue weighted by molar-refractivity contribution is 7.92. The molecule has 20 heavy (non-hydrogen) atoms. The van der Waals surface area contributed by atoms with Crippen LogP contribution in [0.4, 0.5) is 11.4 Å². The molecular formula is C14H25N3O2S. The van der Waals surface area contributed by atoms with Gasteiger partial charge in [-0.15, -0.1) is 0 Å². The van der Waals surface area contributed by atoms with Gasteiger partial charge in [-0.2, -0.15) is 0 Å². The standard InChI is InChI=1S/C14H25N3O2S/c1-4-5-12-20(18,19)17(11-10-16(2)3)14-8-6-13(15)7-9-14/h6-9H,4-5,10-12,15H2,1-3H3. The highest BCUT2D eigenvalue weighted by Gasteiger charge is 2.21. The maximum atomic E-state index is 12.5. The lowest BCUT2D eigenvalue weighted by Gasteiger charge is -2.26. The Hall–Kier alpha value is -1.27. The second-order valence-electron chi connectivity index (χ2n) is 5.14. The van der Waals surface area contributed by atoms with E-state index in [0.717, 1.165) is 6.42 Å². The van der Waals surface area contributed by atoms with Crippen LogP contribution in [-0.2, 0) is 10.0 Å². The smallest absolute Gasteiger partial charge is 0.235 e. The number of hydrogen-bond donors (Lipinski definition) is 1. The van der Waals surface area contributed by atoms with Gasteiger partial charge in [-0.3, -0.25) is 4.31 Å². The van der Waals surface area contributed by atoms with E-state index >= 15 is 0 Å². The summed E-state index contributed by atoms with van der Waals surface area (Å²) >= 11 is 0. The van der Waals surface area contributed by atoms with E-state index in [4.69, 9.17) is 5.73 Å². The normalized spacial score (nSPS) is 11.8. The molecule has 0 aliphatic heterocycles. The third-order valence-corrected chi connectivity index (χ3v) is 4.89. The number of nitrogens with zero attached hydrogens (tertiary/aromatic N) is 2. The molecule has 0 aliphatic rings. The van der Waals surface area contributed by atoms with Crippen LogP contribution < -0.4 is 10.0 Å². The largest absolute Gasteiger partial charge is 0.399 e. The molecule has 0 aliphatic carbocycles. The fourth-order valence-electron chi connectivity index (χ4n) is 1.80. The van der Waals surface area contributed by atoms with E-state index in [-0.39, 0.29) is 5.75 Å². The minimum Gasteiger partial charge on any atom is -0.399 e. The van der Waals surface area contributed by atoms with Crippen molar-refractivity contribution < 1.29 is 8.42 Å². The van der Waals surface area contributed by atoms with E-state index in [1.165, 1.54) is 4.31 Å². The maximum Gasteiger partial charge on any atom is 0.235 e. The summed E-state index contributed by atoms with van der Waals surface area (Å²) in [5, 5.41) is 0. The molecular weight excluding hydrogens is 274 g/mol. The molecule has 1 rings (SSSR count). The fourth-order valence-corrected chi connectivity index (χ4v) is 3.47. The van der Waals surface area contributed by atoms with Crippen LogP contribution in [0, 0.1) is 0 Å². The molecule has 0 radical (unpaired) electrons. The van der Waals surface area contributed by atoms with Gasteiger partial charge in [0.25, 0.3) is 0 Å². The first-order valence-corrected chi connectivity index (χ1v) is 8.48. The molecule has 0 spiro atoms. The van der Waals surface area contributed by atoms with Crippen LogP contribution in [0.15, 0.2) is 24.3 Å². The molecule has 0 saturated carbocycles. The second kappa shape index (κ2) is 7.50. The number of unbranched alkanes of at least 4 members (excludes halogenated alkanes) is 1. The fraction of sp³-hybridized carbons (Fsp3) is 0.571. The molecule has 0 aromatic heterocycles. The van der Waals surface area contributed by atoms with Crippen LogP contribution in [-0.4, -0.2) is 46.3 Å². The molecule has 0 fully saturated rings. The lowest BCUT2D eigenvalue weighted by atomic mass is 10.3. The van der Waals surface area contributed by atoms with Crippen molar-refractivity contribution in [2.24, 2.45) is 0 Å². The van der Waals surface area contributed by atoms with Crippen molar-refractivity contribution in [2.45, 2.75) is 19.8 Å². The predicted octanol–water partition coefficient (Wildman–Crippen LogP) is 1.77. The van der Waals surface area contributed by atoms with Crippen molar-refractivity contribution in [1.29, 1.82) is 0 Å². The van der Waals surface area contributed by atoms with Crippen LogP contribution >= 0.6 is 0 Å². The van der Waals surface area contributed by atoms with Crippen LogP contribution in [0.5, 0.6) is 0 Å². The zero-order chi connectivity index (χ0) is 15.2. The number of benzene rings is 1. The van der Waals surface area contributed by atoms with Gasteiger partial charge in [0, 0.05) is 18.8 Å². The molecule has 0 saturated heterocycles. The summed E-state index contributed by atoms with van der Waals surface area (Å²) < 4.78 is 26.4. The Morgan fingerprint density at radius 3 is 2.20 bits per heavy atom. The summed E-state index contributed by atoms with van der Waals surface area (Å²) in [5.74, 6) is 0.182. The Morgan fingerprint density at radius 2 is 1.70 bits per heavy atom. The summed E-state index contributed by atoms with van der Waals surface area (Å²) in [7, 11) is 0.581. The SMILES string of the molecule is CCCCS(=O)(=O)N(CCN(C)C)c1ccc(N)cc1. The Labute approximate surface area is 122 Å². The highest BCUT2D eigenvalue weighted by atomic mass is 32.2. The Morgan fingerprint density at radius 1 is 1.10 bits per heavy atom. The van der Waals surface area contributed by atoms with Crippen LogP contribution in [0.2, 0.25) is 0 Å². The summed E-state index contributed by atoms with van der Waals surface area (Å²) in [6, 6.07) is 6.98. The van der Waals surface area contributed by atoms with Gasteiger partial charge in [0.2, 0.25) is 10.0 Å². The van der Waals surface area contributed by atoms with E-state index in [9.17, 15) is 8.42 Å². The van der Waals surface area contributed by atoms with Gasteiger partial charge in [0.05, 0.1) is 11.4 Å². The topological polar surface area (TPSA) is 66.6 Å². The molecule has 0 unspecified atom stereocenters. The lowest BCUT2D eigenvalue weighted by Crippen LogP contribution is -2.38. The highest BCUT2D eigenvalue weighted by Crippen LogP contribution is 2.20. The van der Waals surface area contributed by atoms with E-state index < -0.39 is 10.0 Å². The molecule has 0 heterocycles. The summed E-state index contributed by atoms with van der Waals surface area (Å²) in [4.78, 5) is 1.97. The van der Waals surface area contributed by atoms with E-state index in [1.807, 2.05) is 25.9 Å². The predicted molar refractivity (Wildman–Crippen MR) is 85.4 cm³/mol. The zero-order valence-electron chi connectivity index (χ0n) is 12.5. The molecule has 0 amide bonds.